The molecule has 0 radical (unpaired) electrons. The van der Waals surface area contributed by atoms with Gasteiger partial charge in [0.2, 0.25) is 5.91 Å². The van der Waals surface area contributed by atoms with E-state index in [1.165, 1.54) is 6.07 Å². The monoisotopic (exact) mass is 329 g/mol. The molecule has 3 nitrogen and oxygen atoms in total. The summed E-state index contributed by atoms with van der Waals surface area (Å²) in [6.45, 7) is 2.42. The first-order chi connectivity index (χ1) is 11.6. The first-order valence-corrected chi connectivity index (χ1v) is 8.22. The zero-order valence-corrected chi connectivity index (χ0v) is 14.2. The molecule has 1 atom stereocenters. The van der Waals surface area contributed by atoms with Crippen molar-refractivity contribution >= 4 is 5.91 Å². The minimum atomic E-state index is -0.547. The quantitative estimate of drug-likeness (QED) is 0.799. The lowest BCUT2D eigenvalue weighted by molar-refractivity contribution is -0.123. The highest BCUT2D eigenvalue weighted by molar-refractivity contribution is 5.76. The Hall–Kier alpha value is -2.20. The summed E-state index contributed by atoms with van der Waals surface area (Å²) in [6, 6.07) is 16.4. The molecule has 128 valence electrons. The van der Waals surface area contributed by atoms with E-state index in [1.54, 1.807) is 25.3 Å². The van der Waals surface area contributed by atoms with Crippen LogP contribution in [0.5, 0.6) is 0 Å². The lowest BCUT2D eigenvalue weighted by Gasteiger charge is -2.32. The van der Waals surface area contributed by atoms with Crippen molar-refractivity contribution in [2.45, 2.75) is 31.8 Å². The molecule has 0 spiro atoms. The fourth-order valence-corrected chi connectivity index (χ4v) is 2.79. The van der Waals surface area contributed by atoms with Crippen molar-refractivity contribution in [3.8, 4) is 0 Å². The number of halogens is 1. The Kier molecular flexibility index (Phi) is 6.50. The van der Waals surface area contributed by atoms with E-state index in [-0.39, 0.29) is 18.1 Å². The van der Waals surface area contributed by atoms with Crippen LogP contribution in [0.1, 0.15) is 30.9 Å². The number of carbonyl (C=O) groups is 1. The van der Waals surface area contributed by atoms with Crippen LogP contribution < -0.4 is 5.32 Å². The topological polar surface area (TPSA) is 38.3 Å². The van der Waals surface area contributed by atoms with Gasteiger partial charge in [-0.25, -0.2) is 4.39 Å². The van der Waals surface area contributed by atoms with E-state index in [9.17, 15) is 9.18 Å². The van der Waals surface area contributed by atoms with Crippen molar-refractivity contribution in [2.75, 3.05) is 13.7 Å². The van der Waals surface area contributed by atoms with Crippen LogP contribution in [0.25, 0.3) is 0 Å². The largest absolute Gasteiger partial charge is 0.372 e. The van der Waals surface area contributed by atoms with E-state index in [0.717, 1.165) is 12.0 Å². The van der Waals surface area contributed by atoms with Gasteiger partial charge in [-0.3, -0.25) is 4.79 Å². The van der Waals surface area contributed by atoms with E-state index in [2.05, 4.69) is 5.32 Å². The summed E-state index contributed by atoms with van der Waals surface area (Å²) in [6.07, 6.45) is 1.37. The average Bonchev–Trinajstić information content (AvgIpc) is 2.63. The van der Waals surface area contributed by atoms with Crippen molar-refractivity contribution in [1.29, 1.82) is 0 Å². The van der Waals surface area contributed by atoms with Gasteiger partial charge in [-0.1, -0.05) is 55.5 Å². The molecule has 24 heavy (non-hydrogen) atoms. The van der Waals surface area contributed by atoms with Crippen LogP contribution in [0.4, 0.5) is 4.39 Å². The van der Waals surface area contributed by atoms with Gasteiger partial charge >= 0.3 is 0 Å². The van der Waals surface area contributed by atoms with Gasteiger partial charge in [0.15, 0.2) is 0 Å². The van der Waals surface area contributed by atoms with E-state index < -0.39 is 5.60 Å². The van der Waals surface area contributed by atoms with Crippen molar-refractivity contribution in [1.82, 2.24) is 5.32 Å². The number of hydrogen-bond acceptors (Lipinski definition) is 2. The second-order valence-electron chi connectivity index (χ2n) is 5.79. The highest BCUT2D eigenvalue weighted by atomic mass is 19.1. The summed E-state index contributed by atoms with van der Waals surface area (Å²) in [7, 11) is 1.65. The molecular formula is C20H24FNO2. The van der Waals surface area contributed by atoms with Crippen molar-refractivity contribution in [3.63, 3.8) is 0 Å². The van der Waals surface area contributed by atoms with Gasteiger partial charge < -0.3 is 10.1 Å². The Labute approximate surface area is 142 Å². The molecule has 0 aromatic heterocycles. The summed E-state index contributed by atoms with van der Waals surface area (Å²) in [5.74, 6) is -0.376. The molecule has 0 saturated heterocycles. The first kappa shape index (κ1) is 18.1. The molecular weight excluding hydrogens is 305 g/mol. The van der Waals surface area contributed by atoms with E-state index in [0.29, 0.717) is 18.5 Å². The van der Waals surface area contributed by atoms with Gasteiger partial charge in [0.05, 0.1) is 6.54 Å². The van der Waals surface area contributed by atoms with Crippen molar-refractivity contribution in [3.05, 3.63) is 71.5 Å². The molecule has 2 aromatic rings. The number of nitrogens with one attached hydrogen (secondary N) is 1. The third-order valence-corrected chi connectivity index (χ3v) is 4.41. The van der Waals surface area contributed by atoms with Crippen LogP contribution in [0.15, 0.2) is 54.6 Å². The summed E-state index contributed by atoms with van der Waals surface area (Å²) in [5.41, 5.74) is 1.04. The third-order valence-electron chi connectivity index (χ3n) is 4.41. The second kappa shape index (κ2) is 8.60. The molecule has 0 bridgehead atoms. The summed E-state index contributed by atoms with van der Waals surface area (Å²) in [4.78, 5) is 12.1. The first-order valence-electron chi connectivity index (χ1n) is 8.22. The molecule has 1 N–H and O–H groups in total. The van der Waals surface area contributed by atoms with Crippen LogP contribution >= 0.6 is 0 Å². The summed E-state index contributed by atoms with van der Waals surface area (Å²) >= 11 is 0. The number of hydrogen-bond donors (Lipinski definition) is 1. The van der Waals surface area contributed by atoms with Crippen LogP contribution in [0.3, 0.4) is 0 Å². The molecule has 2 rings (SSSR count). The number of benzene rings is 2. The Bertz CT molecular complexity index is 654. The Morgan fingerprint density at radius 1 is 1.12 bits per heavy atom. The molecule has 0 aliphatic heterocycles. The molecule has 0 fully saturated rings. The van der Waals surface area contributed by atoms with E-state index in [4.69, 9.17) is 4.74 Å². The normalized spacial score (nSPS) is 13.3. The van der Waals surface area contributed by atoms with Gasteiger partial charge in [-0.15, -0.1) is 0 Å². The maximum Gasteiger partial charge on any atom is 0.220 e. The number of amides is 1. The highest BCUT2D eigenvalue weighted by Crippen LogP contribution is 2.28. The van der Waals surface area contributed by atoms with Gasteiger partial charge in [0.25, 0.3) is 0 Å². The number of ether oxygens (including phenoxy) is 1. The van der Waals surface area contributed by atoms with Gasteiger partial charge in [0, 0.05) is 13.5 Å². The van der Waals surface area contributed by atoms with Crippen molar-refractivity contribution in [2.24, 2.45) is 0 Å². The fraction of sp³-hybridized carbons (Fsp3) is 0.350. The van der Waals surface area contributed by atoms with Gasteiger partial charge in [-0.05, 0) is 30.0 Å². The van der Waals surface area contributed by atoms with Crippen molar-refractivity contribution < 1.29 is 13.9 Å². The SMILES string of the molecule is CC[C@@](CNC(=O)CCc1ccccc1F)(OC)c1ccccc1. The molecule has 0 unspecified atom stereocenters. The summed E-state index contributed by atoms with van der Waals surface area (Å²) in [5, 5.41) is 2.93. The van der Waals surface area contributed by atoms with Crippen LogP contribution in [0, 0.1) is 5.82 Å². The smallest absolute Gasteiger partial charge is 0.220 e. The lowest BCUT2D eigenvalue weighted by Crippen LogP contribution is -2.42. The Morgan fingerprint density at radius 2 is 1.79 bits per heavy atom. The maximum absolute atomic E-state index is 13.6. The maximum atomic E-state index is 13.6. The zero-order valence-electron chi connectivity index (χ0n) is 14.2. The van der Waals surface area contributed by atoms with E-state index in [1.807, 2.05) is 37.3 Å². The lowest BCUT2D eigenvalue weighted by atomic mass is 9.90. The Balaban J connectivity index is 1.95. The predicted molar refractivity (Wildman–Crippen MR) is 93.2 cm³/mol. The fourth-order valence-electron chi connectivity index (χ4n) is 2.79. The van der Waals surface area contributed by atoms with Gasteiger partial charge in [0.1, 0.15) is 11.4 Å². The molecule has 0 aliphatic rings. The van der Waals surface area contributed by atoms with Crippen LogP contribution in [-0.2, 0) is 21.6 Å². The predicted octanol–water partition coefficient (Wildman–Crippen LogP) is 3.83. The van der Waals surface area contributed by atoms with Crippen LogP contribution in [-0.4, -0.2) is 19.6 Å². The highest BCUT2D eigenvalue weighted by Gasteiger charge is 2.30. The van der Waals surface area contributed by atoms with E-state index >= 15 is 0 Å². The number of rotatable bonds is 8. The standard InChI is InChI=1S/C20H24FNO2/c1-3-20(24-2,17-10-5-4-6-11-17)15-22-19(23)14-13-16-9-7-8-12-18(16)21/h4-12H,3,13-15H2,1-2H3,(H,22,23)/t20-/m0/s1. The number of carbonyl (C=O) groups excluding carboxylic acids is 1. The average molecular weight is 329 g/mol. The molecule has 0 saturated carbocycles. The third kappa shape index (κ3) is 4.42. The molecule has 1 amide bonds. The second-order valence-corrected chi connectivity index (χ2v) is 5.79. The summed E-state index contributed by atoms with van der Waals surface area (Å²) < 4.78 is 19.3. The Morgan fingerprint density at radius 3 is 2.42 bits per heavy atom. The molecule has 0 heterocycles. The van der Waals surface area contributed by atoms with Gasteiger partial charge in [-0.2, -0.15) is 0 Å². The molecule has 4 heteroatoms. The minimum Gasteiger partial charge on any atom is -0.372 e. The molecule has 2 aromatic carbocycles. The minimum absolute atomic E-state index is 0.107. The van der Waals surface area contributed by atoms with Crippen LogP contribution in [0.2, 0.25) is 0 Å². The zero-order chi connectivity index (χ0) is 17.4. The molecule has 0 aliphatic carbocycles. The number of methoxy groups -OCH3 is 1. The number of aryl methyl sites for hydroxylation is 1.